The standard InChI is InChI=1S/C14H25NO2S/c1-9(2)11-5-4-10(3)8-14(11)15-12(13(16)17)6-7-18-14/h9-12,15H,4-8H2,1-3H3,(H,16,17). The molecule has 2 N–H and O–H groups in total. The number of carboxylic acids is 1. The summed E-state index contributed by atoms with van der Waals surface area (Å²) in [6.07, 6.45) is 4.38. The molecule has 0 aromatic rings. The average Bonchev–Trinajstić information content (AvgIpc) is 2.28. The van der Waals surface area contributed by atoms with Gasteiger partial charge in [-0.3, -0.25) is 10.1 Å². The maximum atomic E-state index is 11.3. The Balaban J connectivity index is 2.20. The number of rotatable bonds is 2. The number of thioether (sulfide) groups is 1. The van der Waals surface area contributed by atoms with Crippen LogP contribution in [0.3, 0.4) is 0 Å². The number of nitrogens with one attached hydrogen (secondary N) is 1. The molecule has 1 spiro atoms. The van der Waals surface area contributed by atoms with E-state index in [0.29, 0.717) is 17.8 Å². The van der Waals surface area contributed by atoms with Crippen molar-refractivity contribution in [1.29, 1.82) is 0 Å². The predicted molar refractivity (Wildman–Crippen MR) is 75.7 cm³/mol. The van der Waals surface area contributed by atoms with Crippen LogP contribution in [0.5, 0.6) is 0 Å². The molecule has 0 aromatic heterocycles. The zero-order valence-corrected chi connectivity index (χ0v) is 12.4. The molecule has 2 fully saturated rings. The van der Waals surface area contributed by atoms with Crippen LogP contribution in [0.1, 0.15) is 46.5 Å². The van der Waals surface area contributed by atoms with Crippen LogP contribution in [-0.2, 0) is 4.79 Å². The molecule has 1 heterocycles. The molecule has 4 atom stereocenters. The second kappa shape index (κ2) is 5.41. The summed E-state index contributed by atoms with van der Waals surface area (Å²) in [5.41, 5.74) is 0. The Morgan fingerprint density at radius 3 is 2.72 bits per heavy atom. The molecule has 0 radical (unpaired) electrons. The molecule has 18 heavy (non-hydrogen) atoms. The Kier molecular flexibility index (Phi) is 4.27. The van der Waals surface area contributed by atoms with E-state index in [2.05, 4.69) is 26.1 Å². The van der Waals surface area contributed by atoms with Crippen molar-refractivity contribution in [2.45, 2.75) is 57.4 Å². The second-order valence-electron chi connectivity index (χ2n) is 6.30. The molecule has 0 bridgehead atoms. The maximum absolute atomic E-state index is 11.3. The van der Waals surface area contributed by atoms with Gasteiger partial charge >= 0.3 is 5.97 Å². The van der Waals surface area contributed by atoms with Gasteiger partial charge in [-0.25, -0.2) is 0 Å². The quantitative estimate of drug-likeness (QED) is 0.810. The monoisotopic (exact) mass is 271 g/mol. The average molecular weight is 271 g/mol. The van der Waals surface area contributed by atoms with E-state index in [9.17, 15) is 9.90 Å². The van der Waals surface area contributed by atoms with Crippen LogP contribution in [0.2, 0.25) is 0 Å². The minimum Gasteiger partial charge on any atom is -0.480 e. The lowest BCUT2D eigenvalue weighted by molar-refractivity contribution is -0.140. The number of hydrogen-bond donors (Lipinski definition) is 2. The van der Waals surface area contributed by atoms with Crippen molar-refractivity contribution in [2.75, 3.05) is 5.75 Å². The summed E-state index contributed by atoms with van der Waals surface area (Å²) < 4.78 is 0. The Labute approximate surface area is 114 Å². The lowest BCUT2D eigenvalue weighted by Crippen LogP contribution is -2.61. The molecule has 4 unspecified atom stereocenters. The van der Waals surface area contributed by atoms with E-state index in [-0.39, 0.29) is 10.9 Å². The minimum absolute atomic E-state index is 0.00708. The molecule has 1 saturated carbocycles. The Bertz CT molecular complexity index is 321. The van der Waals surface area contributed by atoms with Gasteiger partial charge in [-0.05, 0) is 42.8 Å². The van der Waals surface area contributed by atoms with E-state index in [4.69, 9.17) is 0 Å². The molecule has 1 aliphatic heterocycles. The third kappa shape index (κ3) is 2.69. The topological polar surface area (TPSA) is 49.3 Å². The van der Waals surface area contributed by atoms with Gasteiger partial charge in [0.15, 0.2) is 0 Å². The van der Waals surface area contributed by atoms with E-state index in [1.54, 1.807) is 0 Å². The summed E-state index contributed by atoms with van der Waals surface area (Å²) >= 11 is 1.97. The van der Waals surface area contributed by atoms with E-state index >= 15 is 0 Å². The van der Waals surface area contributed by atoms with Gasteiger partial charge in [0.05, 0.1) is 4.87 Å². The molecule has 1 aliphatic carbocycles. The van der Waals surface area contributed by atoms with Crippen LogP contribution in [0.4, 0.5) is 0 Å². The Morgan fingerprint density at radius 1 is 1.39 bits per heavy atom. The predicted octanol–water partition coefficient (Wildman–Crippen LogP) is 2.95. The smallest absolute Gasteiger partial charge is 0.320 e. The second-order valence-corrected chi connectivity index (χ2v) is 7.72. The van der Waals surface area contributed by atoms with Crippen LogP contribution in [0, 0.1) is 17.8 Å². The van der Waals surface area contributed by atoms with Crippen LogP contribution in [0.25, 0.3) is 0 Å². The van der Waals surface area contributed by atoms with Crippen molar-refractivity contribution >= 4 is 17.7 Å². The number of carboxylic acid groups (broad SMARTS) is 1. The summed E-state index contributed by atoms with van der Waals surface area (Å²) in [5.74, 6) is 2.20. The van der Waals surface area contributed by atoms with Crippen LogP contribution < -0.4 is 5.32 Å². The highest BCUT2D eigenvalue weighted by Crippen LogP contribution is 2.49. The van der Waals surface area contributed by atoms with Crippen LogP contribution in [-0.4, -0.2) is 27.7 Å². The van der Waals surface area contributed by atoms with Gasteiger partial charge in [0.2, 0.25) is 0 Å². The first kappa shape index (κ1) is 14.2. The summed E-state index contributed by atoms with van der Waals surface area (Å²) in [5, 5.41) is 12.8. The number of carbonyl (C=O) groups is 1. The summed E-state index contributed by atoms with van der Waals surface area (Å²) in [4.78, 5) is 11.3. The molecule has 2 aliphatic rings. The van der Waals surface area contributed by atoms with Crippen molar-refractivity contribution in [3.8, 4) is 0 Å². The fraction of sp³-hybridized carbons (Fsp3) is 0.929. The molecule has 3 nitrogen and oxygen atoms in total. The molecular weight excluding hydrogens is 246 g/mol. The summed E-state index contributed by atoms with van der Waals surface area (Å²) in [6, 6.07) is -0.349. The first-order chi connectivity index (χ1) is 8.44. The Morgan fingerprint density at radius 2 is 2.11 bits per heavy atom. The van der Waals surface area contributed by atoms with Gasteiger partial charge in [0.1, 0.15) is 6.04 Å². The lowest BCUT2D eigenvalue weighted by atomic mass is 9.73. The number of aliphatic carboxylic acids is 1. The van der Waals surface area contributed by atoms with Crippen molar-refractivity contribution < 1.29 is 9.90 Å². The lowest BCUT2D eigenvalue weighted by Gasteiger charge is -2.51. The third-order valence-corrected chi connectivity index (χ3v) is 6.05. The van der Waals surface area contributed by atoms with Gasteiger partial charge < -0.3 is 5.11 Å². The van der Waals surface area contributed by atoms with Gasteiger partial charge in [-0.1, -0.05) is 27.2 Å². The zero-order chi connectivity index (χ0) is 13.3. The van der Waals surface area contributed by atoms with Crippen molar-refractivity contribution in [3.63, 3.8) is 0 Å². The molecule has 0 aromatic carbocycles. The van der Waals surface area contributed by atoms with Crippen molar-refractivity contribution in [1.82, 2.24) is 5.32 Å². The molecule has 0 amide bonds. The van der Waals surface area contributed by atoms with Gasteiger partial charge in [-0.15, -0.1) is 11.8 Å². The molecule has 1 saturated heterocycles. The fourth-order valence-corrected chi connectivity index (χ4v) is 5.57. The SMILES string of the molecule is CC1CCC(C(C)C)C2(C1)NC(C(=O)O)CCS2. The van der Waals surface area contributed by atoms with Gasteiger partial charge in [-0.2, -0.15) is 0 Å². The summed E-state index contributed by atoms with van der Waals surface area (Å²) in [6.45, 7) is 6.84. The van der Waals surface area contributed by atoms with Crippen LogP contribution >= 0.6 is 11.8 Å². The van der Waals surface area contributed by atoms with Gasteiger partial charge in [0, 0.05) is 0 Å². The maximum Gasteiger partial charge on any atom is 0.320 e. The highest BCUT2D eigenvalue weighted by molar-refractivity contribution is 8.00. The third-order valence-electron chi connectivity index (χ3n) is 4.51. The van der Waals surface area contributed by atoms with Gasteiger partial charge in [0.25, 0.3) is 0 Å². The first-order valence-electron chi connectivity index (χ1n) is 7.09. The fourth-order valence-electron chi connectivity index (χ4n) is 3.62. The van der Waals surface area contributed by atoms with E-state index in [1.807, 2.05) is 11.8 Å². The molecule has 2 rings (SSSR count). The first-order valence-corrected chi connectivity index (χ1v) is 8.07. The molecule has 4 heteroatoms. The normalized spacial score (nSPS) is 41.2. The van der Waals surface area contributed by atoms with Crippen LogP contribution in [0.15, 0.2) is 0 Å². The van der Waals surface area contributed by atoms with E-state index < -0.39 is 5.97 Å². The molecule has 104 valence electrons. The highest BCUT2D eigenvalue weighted by Gasteiger charge is 2.48. The van der Waals surface area contributed by atoms with E-state index in [1.165, 1.54) is 12.8 Å². The number of hydrogen-bond acceptors (Lipinski definition) is 3. The van der Waals surface area contributed by atoms with Crippen molar-refractivity contribution in [2.24, 2.45) is 17.8 Å². The zero-order valence-electron chi connectivity index (χ0n) is 11.6. The largest absolute Gasteiger partial charge is 0.480 e. The van der Waals surface area contributed by atoms with Crippen molar-refractivity contribution in [3.05, 3.63) is 0 Å². The Hall–Kier alpha value is -0.220. The highest BCUT2D eigenvalue weighted by atomic mass is 32.2. The van der Waals surface area contributed by atoms with E-state index in [0.717, 1.165) is 18.6 Å². The minimum atomic E-state index is -0.685. The molecular formula is C14H25NO2S. The summed E-state index contributed by atoms with van der Waals surface area (Å²) in [7, 11) is 0.